The SMILES string of the molecule is NC(=O)c1cccc(C#Cc2ccc(OC(F)(F)F)cc2)c1. The van der Waals surface area contributed by atoms with Crippen molar-refractivity contribution in [3.63, 3.8) is 0 Å². The van der Waals surface area contributed by atoms with Crippen molar-refractivity contribution in [1.29, 1.82) is 0 Å². The highest BCUT2D eigenvalue weighted by Gasteiger charge is 2.30. The molecule has 0 aliphatic carbocycles. The summed E-state index contributed by atoms with van der Waals surface area (Å²) in [5, 5.41) is 0. The van der Waals surface area contributed by atoms with Gasteiger partial charge in [0.1, 0.15) is 5.75 Å². The van der Waals surface area contributed by atoms with E-state index in [1.165, 1.54) is 30.3 Å². The molecule has 0 spiro atoms. The lowest BCUT2D eigenvalue weighted by atomic mass is 10.1. The number of benzene rings is 2. The molecule has 2 N–H and O–H groups in total. The first kappa shape index (κ1) is 15.4. The molecule has 2 rings (SSSR count). The van der Waals surface area contributed by atoms with Gasteiger partial charge >= 0.3 is 6.36 Å². The van der Waals surface area contributed by atoms with Gasteiger partial charge in [0, 0.05) is 16.7 Å². The molecule has 3 nitrogen and oxygen atoms in total. The van der Waals surface area contributed by atoms with Crippen LogP contribution in [0.4, 0.5) is 13.2 Å². The maximum absolute atomic E-state index is 12.0. The molecule has 0 heterocycles. The lowest BCUT2D eigenvalue weighted by Crippen LogP contribution is -2.16. The van der Waals surface area contributed by atoms with Gasteiger partial charge in [0.2, 0.25) is 5.91 Å². The number of hydrogen-bond acceptors (Lipinski definition) is 2. The largest absolute Gasteiger partial charge is 0.573 e. The standard InChI is InChI=1S/C16H10F3NO2/c17-16(18,19)22-14-8-6-11(7-9-14)4-5-12-2-1-3-13(10-12)15(20)21/h1-3,6-10H,(H2,20,21). The van der Waals surface area contributed by atoms with Gasteiger partial charge in [-0.25, -0.2) is 0 Å². The number of carbonyl (C=O) groups excluding carboxylic acids is 1. The summed E-state index contributed by atoms with van der Waals surface area (Å²) in [5.41, 5.74) is 6.59. The summed E-state index contributed by atoms with van der Waals surface area (Å²) in [6.45, 7) is 0. The van der Waals surface area contributed by atoms with Crippen molar-refractivity contribution in [3.8, 4) is 17.6 Å². The summed E-state index contributed by atoms with van der Waals surface area (Å²) in [5.74, 6) is 4.71. The van der Waals surface area contributed by atoms with Crippen LogP contribution in [0.1, 0.15) is 21.5 Å². The second-order valence-corrected chi connectivity index (χ2v) is 4.27. The van der Waals surface area contributed by atoms with Crippen molar-refractivity contribution in [1.82, 2.24) is 0 Å². The van der Waals surface area contributed by atoms with Crippen LogP contribution in [0, 0.1) is 11.8 Å². The van der Waals surface area contributed by atoms with E-state index in [2.05, 4.69) is 16.6 Å². The Labute approximate surface area is 124 Å². The van der Waals surface area contributed by atoms with Crippen LogP contribution in [0.5, 0.6) is 5.75 Å². The number of rotatable bonds is 2. The lowest BCUT2D eigenvalue weighted by Gasteiger charge is -2.07. The van der Waals surface area contributed by atoms with Gasteiger partial charge in [-0.3, -0.25) is 4.79 Å². The molecule has 0 bridgehead atoms. The van der Waals surface area contributed by atoms with E-state index in [9.17, 15) is 18.0 Å². The van der Waals surface area contributed by atoms with E-state index in [1.54, 1.807) is 18.2 Å². The molecule has 2 aromatic rings. The van der Waals surface area contributed by atoms with Crippen molar-refractivity contribution >= 4 is 5.91 Å². The predicted molar refractivity (Wildman–Crippen MR) is 74.1 cm³/mol. The first-order valence-corrected chi connectivity index (χ1v) is 6.11. The average molecular weight is 305 g/mol. The van der Waals surface area contributed by atoms with Gasteiger partial charge in [-0.2, -0.15) is 0 Å². The van der Waals surface area contributed by atoms with Crippen LogP contribution >= 0.6 is 0 Å². The van der Waals surface area contributed by atoms with Gasteiger partial charge < -0.3 is 10.5 Å². The van der Waals surface area contributed by atoms with E-state index < -0.39 is 12.3 Å². The van der Waals surface area contributed by atoms with Crippen molar-refractivity contribution in [2.24, 2.45) is 5.73 Å². The van der Waals surface area contributed by atoms with Gasteiger partial charge in [0.05, 0.1) is 0 Å². The highest BCUT2D eigenvalue weighted by Crippen LogP contribution is 2.22. The second kappa shape index (κ2) is 6.22. The Balaban J connectivity index is 2.15. The summed E-state index contributed by atoms with van der Waals surface area (Å²) in [4.78, 5) is 11.0. The zero-order valence-corrected chi connectivity index (χ0v) is 11.1. The molecule has 0 aliphatic heterocycles. The minimum Gasteiger partial charge on any atom is -0.406 e. The van der Waals surface area contributed by atoms with Gasteiger partial charge in [-0.05, 0) is 42.5 Å². The minimum atomic E-state index is -4.72. The molecule has 1 amide bonds. The Bertz CT molecular complexity index is 740. The highest BCUT2D eigenvalue weighted by atomic mass is 19.4. The normalized spacial score (nSPS) is 10.5. The number of hydrogen-bond donors (Lipinski definition) is 1. The zero-order valence-electron chi connectivity index (χ0n) is 11.1. The number of halogens is 3. The number of carbonyl (C=O) groups is 1. The van der Waals surface area contributed by atoms with Crippen molar-refractivity contribution in [2.45, 2.75) is 6.36 Å². The fraction of sp³-hybridized carbons (Fsp3) is 0.0625. The molecule has 0 saturated carbocycles. The Morgan fingerprint density at radius 1 is 1.00 bits per heavy atom. The van der Waals surface area contributed by atoms with Gasteiger partial charge in [-0.1, -0.05) is 17.9 Å². The third-order valence-corrected chi connectivity index (χ3v) is 2.59. The van der Waals surface area contributed by atoms with E-state index in [0.717, 1.165) is 0 Å². The molecule has 2 aromatic carbocycles. The van der Waals surface area contributed by atoms with Crippen LogP contribution in [0.25, 0.3) is 0 Å². The van der Waals surface area contributed by atoms with Crippen molar-refractivity contribution in [2.75, 3.05) is 0 Å². The average Bonchev–Trinajstić information content (AvgIpc) is 2.45. The monoisotopic (exact) mass is 305 g/mol. The fourth-order valence-corrected chi connectivity index (χ4v) is 1.63. The van der Waals surface area contributed by atoms with Crippen LogP contribution in [0.15, 0.2) is 48.5 Å². The third-order valence-electron chi connectivity index (χ3n) is 2.59. The minimum absolute atomic E-state index is 0.311. The van der Waals surface area contributed by atoms with E-state index in [0.29, 0.717) is 16.7 Å². The summed E-state index contributed by atoms with van der Waals surface area (Å²) in [6.07, 6.45) is -4.72. The number of amides is 1. The molecule has 112 valence electrons. The molecule has 0 aliphatic rings. The topological polar surface area (TPSA) is 52.3 Å². The second-order valence-electron chi connectivity index (χ2n) is 4.27. The van der Waals surface area contributed by atoms with E-state index in [4.69, 9.17) is 5.73 Å². The molecular weight excluding hydrogens is 295 g/mol. The molecule has 0 saturated heterocycles. The Morgan fingerprint density at radius 3 is 2.23 bits per heavy atom. The zero-order chi connectivity index (χ0) is 16.2. The Morgan fingerprint density at radius 2 is 1.64 bits per heavy atom. The predicted octanol–water partition coefficient (Wildman–Crippen LogP) is 3.08. The van der Waals surface area contributed by atoms with Crippen LogP contribution < -0.4 is 10.5 Å². The molecule has 0 atom stereocenters. The van der Waals surface area contributed by atoms with E-state index >= 15 is 0 Å². The van der Waals surface area contributed by atoms with Crippen LogP contribution in [0.2, 0.25) is 0 Å². The Kier molecular flexibility index (Phi) is 4.37. The molecule has 6 heteroatoms. The Hall–Kier alpha value is -2.94. The number of nitrogens with two attached hydrogens (primary N) is 1. The van der Waals surface area contributed by atoms with Crippen molar-refractivity contribution in [3.05, 3.63) is 65.2 Å². The van der Waals surface area contributed by atoms with Crippen LogP contribution in [-0.4, -0.2) is 12.3 Å². The van der Waals surface area contributed by atoms with E-state index in [1.807, 2.05) is 0 Å². The summed E-state index contributed by atoms with van der Waals surface area (Å²) >= 11 is 0. The molecule has 0 fully saturated rings. The maximum atomic E-state index is 12.0. The fourth-order valence-electron chi connectivity index (χ4n) is 1.63. The molecule has 0 unspecified atom stereocenters. The molecule has 0 aromatic heterocycles. The third kappa shape index (κ3) is 4.56. The first-order valence-electron chi connectivity index (χ1n) is 6.11. The van der Waals surface area contributed by atoms with Crippen molar-refractivity contribution < 1.29 is 22.7 Å². The smallest absolute Gasteiger partial charge is 0.406 e. The van der Waals surface area contributed by atoms with Gasteiger partial charge in [0.25, 0.3) is 0 Å². The summed E-state index contributed by atoms with van der Waals surface area (Å²) in [7, 11) is 0. The van der Waals surface area contributed by atoms with Gasteiger partial charge in [0.15, 0.2) is 0 Å². The highest BCUT2D eigenvalue weighted by molar-refractivity contribution is 5.93. The first-order chi connectivity index (χ1) is 10.3. The van der Waals surface area contributed by atoms with Crippen LogP contribution in [-0.2, 0) is 0 Å². The molecule has 0 radical (unpaired) electrons. The maximum Gasteiger partial charge on any atom is 0.573 e. The number of ether oxygens (including phenoxy) is 1. The lowest BCUT2D eigenvalue weighted by molar-refractivity contribution is -0.274. The molecular formula is C16H10F3NO2. The molecule has 22 heavy (non-hydrogen) atoms. The number of primary amides is 1. The summed E-state index contributed by atoms with van der Waals surface area (Å²) < 4.78 is 39.8. The number of alkyl halides is 3. The van der Waals surface area contributed by atoms with E-state index in [-0.39, 0.29) is 5.75 Å². The van der Waals surface area contributed by atoms with Crippen LogP contribution in [0.3, 0.4) is 0 Å². The quantitative estimate of drug-likeness (QED) is 0.867. The van der Waals surface area contributed by atoms with Gasteiger partial charge in [-0.15, -0.1) is 13.2 Å². The summed E-state index contributed by atoms with van der Waals surface area (Å²) in [6, 6.07) is 11.6.